The van der Waals surface area contributed by atoms with Crippen LogP contribution >= 0.6 is 15.9 Å². The van der Waals surface area contributed by atoms with E-state index in [1.807, 2.05) is 18.2 Å². The lowest BCUT2D eigenvalue weighted by Gasteiger charge is -2.15. The molecule has 1 nitrogen and oxygen atoms in total. The van der Waals surface area contributed by atoms with E-state index in [4.69, 9.17) is 0 Å². The molecular weight excluding hydrogens is 262 g/mol. The summed E-state index contributed by atoms with van der Waals surface area (Å²) in [6.07, 6.45) is 0. The van der Waals surface area contributed by atoms with Crippen molar-refractivity contribution < 1.29 is 0 Å². The van der Waals surface area contributed by atoms with Gasteiger partial charge in [-0.05, 0) is 30.7 Å². The van der Waals surface area contributed by atoms with Crippen molar-refractivity contribution in [2.45, 2.75) is 13.0 Å². The second-order valence-electron chi connectivity index (χ2n) is 3.79. The van der Waals surface area contributed by atoms with Crippen molar-refractivity contribution in [3.05, 3.63) is 64.6 Å². The van der Waals surface area contributed by atoms with E-state index in [-0.39, 0.29) is 0 Å². The summed E-state index contributed by atoms with van der Waals surface area (Å²) >= 11 is 3.47. The van der Waals surface area contributed by atoms with E-state index in [0.717, 1.165) is 10.2 Å². The molecule has 82 valence electrons. The minimum atomic E-state index is 0.315. The Morgan fingerprint density at radius 3 is 2.44 bits per heavy atom. The minimum Gasteiger partial charge on any atom is -0.378 e. The van der Waals surface area contributed by atoms with Gasteiger partial charge in [0.25, 0.3) is 0 Å². The van der Waals surface area contributed by atoms with Crippen LogP contribution in [0, 0.1) is 0 Å². The number of hydrogen-bond acceptors (Lipinski definition) is 1. The number of hydrogen-bond donors (Lipinski definition) is 1. The van der Waals surface area contributed by atoms with Crippen molar-refractivity contribution in [1.82, 2.24) is 0 Å². The van der Waals surface area contributed by atoms with Crippen LogP contribution in [0.25, 0.3) is 0 Å². The number of rotatable bonds is 3. The molecule has 0 aliphatic carbocycles. The van der Waals surface area contributed by atoms with Crippen LogP contribution in [0.15, 0.2) is 59.1 Å². The fourth-order valence-electron chi connectivity index (χ4n) is 1.65. The molecule has 0 aromatic heterocycles. The van der Waals surface area contributed by atoms with Crippen LogP contribution in [0.1, 0.15) is 18.5 Å². The topological polar surface area (TPSA) is 12.0 Å². The van der Waals surface area contributed by atoms with Gasteiger partial charge in [-0.2, -0.15) is 0 Å². The highest BCUT2D eigenvalue weighted by atomic mass is 79.9. The van der Waals surface area contributed by atoms with Crippen LogP contribution in [0.4, 0.5) is 5.69 Å². The molecule has 1 N–H and O–H groups in total. The molecule has 0 aliphatic rings. The van der Waals surface area contributed by atoms with Gasteiger partial charge in [0.1, 0.15) is 0 Å². The zero-order chi connectivity index (χ0) is 11.4. The first kappa shape index (κ1) is 11.2. The highest BCUT2D eigenvalue weighted by molar-refractivity contribution is 9.10. The van der Waals surface area contributed by atoms with E-state index in [0.29, 0.717) is 6.04 Å². The van der Waals surface area contributed by atoms with Gasteiger partial charge < -0.3 is 5.32 Å². The summed E-state index contributed by atoms with van der Waals surface area (Å²) < 4.78 is 1.10. The molecule has 1 atom stereocenters. The van der Waals surface area contributed by atoms with Crippen molar-refractivity contribution in [1.29, 1.82) is 0 Å². The lowest BCUT2D eigenvalue weighted by molar-refractivity contribution is 0.885. The van der Waals surface area contributed by atoms with Gasteiger partial charge >= 0.3 is 0 Å². The SMILES string of the molecule is CC(Nc1cccc(Br)c1)c1ccccc1. The molecule has 0 bridgehead atoms. The summed E-state index contributed by atoms with van der Waals surface area (Å²) in [4.78, 5) is 0. The standard InChI is InChI=1S/C14H14BrN/c1-11(12-6-3-2-4-7-12)16-14-9-5-8-13(15)10-14/h2-11,16H,1H3. The maximum atomic E-state index is 3.47. The fourth-order valence-corrected chi connectivity index (χ4v) is 2.05. The Kier molecular flexibility index (Phi) is 3.62. The van der Waals surface area contributed by atoms with E-state index >= 15 is 0 Å². The largest absolute Gasteiger partial charge is 0.378 e. The fraction of sp³-hybridized carbons (Fsp3) is 0.143. The van der Waals surface area contributed by atoms with Gasteiger partial charge in [0.15, 0.2) is 0 Å². The molecule has 2 heteroatoms. The van der Waals surface area contributed by atoms with Gasteiger partial charge in [-0.25, -0.2) is 0 Å². The second kappa shape index (κ2) is 5.17. The summed E-state index contributed by atoms with van der Waals surface area (Å²) in [5.74, 6) is 0. The van der Waals surface area contributed by atoms with Gasteiger partial charge in [-0.1, -0.05) is 52.3 Å². The number of nitrogens with one attached hydrogen (secondary N) is 1. The molecule has 1 unspecified atom stereocenters. The minimum absolute atomic E-state index is 0.315. The molecule has 2 aromatic carbocycles. The molecule has 0 fully saturated rings. The van der Waals surface area contributed by atoms with Crippen LogP contribution in [0.2, 0.25) is 0 Å². The Hall–Kier alpha value is -1.28. The average molecular weight is 276 g/mol. The average Bonchev–Trinajstić information content (AvgIpc) is 2.30. The normalized spacial score (nSPS) is 12.1. The molecule has 0 amide bonds. The highest BCUT2D eigenvalue weighted by Crippen LogP contribution is 2.21. The molecule has 0 aliphatic heterocycles. The van der Waals surface area contributed by atoms with Crippen LogP contribution in [0.5, 0.6) is 0 Å². The highest BCUT2D eigenvalue weighted by Gasteiger charge is 2.03. The van der Waals surface area contributed by atoms with Crippen LogP contribution in [-0.4, -0.2) is 0 Å². The van der Waals surface area contributed by atoms with E-state index < -0.39 is 0 Å². The summed E-state index contributed by atoms with van der Waals surface area (Å²) in [6.45, 7) is 2.16. The Morgan fingerprint density at radius 1 is 1.00 bits per heavy atom. The van der Waals surface area contributed by atoms with E-state index in [9.17, 15) is 0 Å². The Morgan fingerprint density at radius 2 is 1.75 bits per heavy atom. The van der Waals surface area contributed by atoms with Crippen molar-refractivity contribution in [2.24, 2.45) is 0 Å². The van der Waals surface area contributed by atoms with Gasteiger partial charge in [-0.15, -0.1) is 0 Å². The molecule has 0 spiro atoms. The monoisotopic (exact) mass is 275 g/mol. The third-order valence-corrected chi connectivity index (χ3v) is 3.00. The molecule has 16 heavy (non-hydrogen) atoms. The Balaban J connectivity index is 2.11. The van der Waals surface area contributed by atoms with Crippen molar-refractivity contribution in [2.75, 3.05) is 5.32 Å². The summed E-state index contributed by atoms with van der Waals surface area (Å²) in [5.41, 5.74) is 2.42. The third-order valence-electron chi connectivity index (χ3n) is 2.51. The van der Waals surface area contributed by atoms with Gasteiger partial charge in [0.2, 0.25) is 0 Å². The quantitative estimate of drug-likeness (QED) is 0.862. The maximum absolute atomic E-state index is 3.47. The Bertz CT molecular complexity index is 453. The van der Waals surface area contributed by atoms with Gasteiger partial charge in [-0.3, -0.25) is 0 Å². The second-order valence-corrected chi connectivity index (χ2v) is 4.70. The van der Waals surface area contributed by atoms with E-state index in [1.165, 1.54) is 5.56 Å². The maximum Gasteiger partial charge on any atom is 0.0485 e. The molecule has 0 saturated heterocycles. The number of anilines is 1. The number of halogens is 1. The number of benzene rings is 2. The van der Waals surface area contributed by atoms with Crippen LogP contribution < -0.4 is 5.32 Å². The van der Waals surface area contributed by atoms with Gasteiger partial charge in [0.05, 0.1) is 0 Å². The molecule has 0 heterocycles. The molecule has 0 saturated carbocycles. The third kappa shape index (κ3) is 2.86. The zero-order valence-corrected chi connectivity index (χ0v) is 10.7. The zero-order valence-electron chi connectivity index (χ0n) is 9.15. The lowest BCUT2D eigenvalue weighted by Crippen LogP contribution is -2.06. The van der Waals surface area contributed by atoms with Crippen LogP contribution in [-0.2, 0) is 0 Å². The first-order chi connectivity index (χ1) is 7.75. The Labute approximate surface area is 105 Å². The van der Waals surface area contributed by atoms with Crippen molar-refractivity contribution >= 4 is 21.6 Å². The first-order valence-corrected chi connectivity index (χ1v) is 6.12. The lowest BCUT2D eigenvalue weighted by atomic mass is 10.1. The smallest absolute Gasteiger partial charge is 0.0485 e. The summed E-state index contributed by atoms with van der Waals surface area (Å²) in [6, 6.07) is 19.0. The predicted molar refractivity (Wildman–Crippen MR) is 72.6 cm³/mol. The predicted octanol–water partition coefficient (Wildman–Crippen LogP) is 4.62. The van der Waals surface area contributed by atoms with Gasteiger partial charge in [0, 0.05) is 16.2 Å². The molecule has 2 rings (SSSR count). The van der Waals surface area contributed by atoms with E-state index in [1.54, 1.807) is 0 Å². The van der Waals surface area contributed by atoms with Crippen molar-refractivity contribution in [3.63, 3.8) is 0 Å². The van der Waals surface area contributed by atoms with Crippen LogP contribution in [0.3, 0.4) is 0 Å². The first-order valence-electron chi connectivity index (χ1n) is 5.33. The van der Waals surface area contributed by atoms with Crippen molar-refractivity contribution in [3.8, 4) is 0 Å². The molecule has 2 aromatic rings. The summed E-state index contributed by atoms with van der Waals surface area (Å²) in [7, 11) is 0. The summed E-state index contributed by atoms with van der Waals surface area (Å²) in [5, 5.41) is 3.47. The molecular formula is C14H14BrN. The molecule has 0 radical (unpaired) electrons. The van der Waals surface area contributed by atoms with E-state index in [2.05, 4.69) is 64.6 Å².